The van der Waals surface area contributed by atoms with Gasteiger partial charge in [-0.1, -0.05) is 42.6 Å². The molecule has 11 heteroatoms. The minimum absolute atomic E-state index is 0.0466. The molecule has 2 amide bonds. The number of hydrogen-bond acceptors (Lipinski definition) is 5. The van der Waals surface area contributed by atoms with Crippen molar-refractivity contribution < 1.29 is 22.8 Å². The van der Waals surface area contributed by atoms with Gasteiger partial charge in [-0.15, -0.1) is 5.10 Å². The van der Waals surface area contributed by atoms with Gasteiger partial charge in [-0.05, 0) is 43.9 Å². The second kappa shape index (κ2) is 10.5. The van der Waals surface area contributed by atoms with E-state index in [1.54, 1.807) is 0 Å². The van der Waals surface area contributed by atoms with Crippen molar-refractivity contribution in [1.29, 1.82) is 0 Å². The predicted octanol–water partition coefficient (Wildman–Crippen LogP) is 5.38. The molecule has 0 spiro atoms. The summed E-state index contributed by atoms with van der Waals surface area (Å²) in [6.45, 7) is 0. The van der Waals surface area contributed by atoms with E-state index in [2.05, 4.69) is 20.8 Å². The van der Waals surface area contributed by atoms with Crippen LogP contribution in [0.5, 0.6) is 0 Å². The summed E-state index contributed by atoms with van der Waals surface area (Å²) < 4.78 is 38.9. The van der Waals surface area contributed by atoms with Gasteiger partial charge in [0.2, 0.25) is 11.8 Å². The molecule has 1 saturated heterocycles. The molecule has 31 heavy (non-hydrogen) atoms. The molecule has 1 aromatic rings. The summed E-state index contributed by atoms with van der Waals surface area (Å²) >= 11 is 6.67. The first-order chi connectivity index (χ1) is 14.7. The van der Waals surface area contributed by atoms with E-state index in [1.165, 1.54) is 25.3 Å². The first kappa shape index (κ1) is 23.6. The first-order valence-electron chi connectivity index (χ1n) is 10.00. The largest absolute Gasteiger partial charge is 0.417 e. The van der Waals surface area contributed by atoms with Gasteiger partial charge in [-0.2, -0.15) is 18.3 Å². The molecule has 1 heterocycles. The Morgan fingerprint density at radius 1 is 1.16 bits per heavy atom. The molecule has 2 fully saturated rings. The number of amidine groups is 1. The lowest BCUT2D eigenvalue weighted by molar-refractivity contribution is -0.137. The van der Waals surface area contributed by atoms with Gasteiger partial charge in [0, 0.05) is 17.8 Å². The lowest BCUT2D eigenvalue weighted by Crippen LogP contribution is -2.28. The molecule has 1 aromatic carbocycles. The maximum Gasteiger partial charge on any atom is 0.417 e. The average molecular weight is 475 g/mol. The van der Waals surface area contributed by atoms with E-state index in [0.717, 1.165) is 55.3 Å². The first-order valence-corrected chi connectivity index (χ1v) is 11.3. The van der Waals surface area contributed by atoms with Gasteiger partial charge in [0.25, 0.3) is 0 Å². The number of hydrogen-bond donors (Lipinski definition) is 2. The van der Waals surface area contributed by atoms with E-state index < -0.39 is 27.9 Å². The van der Waals surface area contributed by atoms with Crippen molar-refractivity contribution in [2.45, 2.75) is 62.8 Å². The second-order valence-electron chi connectivity index (χ2n) is 7.38. The van der Waals surface area contributed by atoms with E-state index in [4.69, 9.17) is 11.6 Å². The van der Waals surface area contributed by atoms with Gasteiger partial charge in [-0.25, -0.2) is 0 Å². The number of rotatable bonds is 4. The molecule has 1 atom stereocenters. The van der Waals surface area contributed by atoms with Crippen LogP contribution in [0.3, 0.4) is 0 Å². The molecule has 0 radical (unpaired) electrons. The number of nitrogens with zero attached hydrogens (tertiary/aromatic N) is 2. The molecule has 0 aromatic heterocycles. The third-order valence-corrected chi connectivity index (χ3v) is 6.32. The quantitative estimate of drug-likeness (QED) is 0.575. The molecule has 1 unspecified atom stereocenters. The van der Waals surface area contributed by atoms with E-state index in [0.29, 0.717) is 5.17 Å². The number of alkyl halides is 3. The summed E-state index contributed by atoms with van der Waals surface area (Å²) in [4.78, 5) is 24.4. The zero-order valence-corrected chi connectivity index (χ0v) is 18.2. The molecular formula is C20H22ClF3N4O2S. The number of carbonyl (C=O) groups is 2. The van der Waals surface area contributed by atoms with Crippen LogP contribution >= 0.6 is 23.4 Å². The Kier molecular flexibility index (Phi) is 7.99. The van der Waals surface area contributed by atoms with Crippen molar-refractivity contribution >= 4 is 51.7 Å². The summed E-state index contributed by atoms with van der Waals surface area (Å²) in [6.07, 6.45) is 2.68. The van der Waals surface area contributed by atoms with Gasteiger partial charge in [0.05, 0.1) is 10.6 Å². The Morgan fingerprint density at radius 2 is 1.84 bits per heavy atom. The van der Waals surface area contributed by atoms with Crippen LogP contribution in [0.1, 0.15) is 56.9 Å². The number of amides is 2. The van der Waals surface area contributed by atoms with Crippen LogP contribution in [-0.2, 0) is 15.8 Å². The summed E-state index contributed by atoms with van der Waals surface area (Å²) in [7, 11) is 0. The van der Waals surface area contributed by atoms with Crippen LogP contribution in [0.25, 0.3) is 0 Å². The van der Waals surface area contributed by atoms with E-state index in [-0.39, 0.29) is 18.0 Å². The Labute approximate surface area is 187 Å². The van der Waals surface area contributed by atoms with Crippen LogP contribution in [-0.4, -0.2) is 27.9 Å². The zero-order valence-electron chi connectivity index (χ0n) is 16.6. The highest BCUT2D eigenvalue weighted by atomic mass is 35.5. The molecule has 2 aliphatic rings. The monoisotopic (exact) mass is 474 g/mol. The fourth-order valence-corrected chi connectivity index (χ4v) is 4.46. The molecular weight excluding hydrogens is 453 g/mol. The van der Waals surface area contributed by atoms with Crippen molar-refractivity contribution in [3.05, 3.63) is 28.8 Å². The molecule has 168 valence electrons. The zero-order chi connectivity index (χ0) is 22.4. The van der Waals surface area contributed by atoms with Crippen molar-refractivity contribution in [3.8, 4) is 0 Å². The predicted molar refractivity (Wildman–Crippen MR) is 116 cm³/mol. The highest BCUT2D eigenvalue weighted by molar-refractivity contribution is 8.15. The van der Waals surface area contributed by atoms with Crippen molar-refractivity contribution in [2.75, 3.05) is 5.32 Å². The number of carbonyl (C=O) groups excluding carboxylic acids is 2. The lowest BCUT2D eigenvalue weighted by Gasteiger charge is -2.12. The standard InChI is InChI=1S/C20H22ClF3N4O2S/c21-15-9-8-13(10-14(15)20(22,23)24)25-17(29)11-16-18(30)26-19(31-16)28-27-12-6-4-2-1-3-5-7-12/h8-10,16H,1-7,11H2,(H,25,29)(H,26,28,30). The van der Waals surface area contributed by atoms with Crippen molar-refractivity contribution in [3.63, 3.8) is 0 Å². The second-order valence-corrected chi connectivity index (χ2v) is 8.98. The van der Waals surface area contributed by atoms with E-state index >= 15 is 0 Å². The fraction of sp³-hybridized carbons (Fsp3) is 0.500. The maximum atomic E-state index is 13.0. The minimum Gasteiger partial charge on any atom is -0.326 e. The van der Waals surface area contributed by atoms with Crippen LogP contribution < -0.4 is 10.6 Å². The Balaban J connectivity index is 1.58. The number of halogens is 4. The van der Waals surface area contributed by atoms with Gasteiger partial charge in [0.15, 0.2) is 5.17 Å². The normalized spacial score (nSPS) is 21.4. The molecule has 1 aliphatic carbocycles. The number of benzene rings is 1. The summed E-state index contributed by atoms with van der Waals surface area (Å²) in [5.74, 6) is -0.973. The fourth-order valence-electron chi connectivity index (χ4n) is 3.32. The molecule has 2 N–H and O–H groups in total. The lowest BCUT2D eigenvalue weighted by atomic mass is 9.99. The van der Waals surface area contributed by atoms with E-state index in [1.807, 2.05) is 0 Å². The molecule has 1 aliphatic heterocycles. The topological polar surface area (TPSA) is 82.9 Å². The third-order valence-electron chi connectivity index (χ3n) is 4.92. The number of anilines is 1. The van der Waals surface area contributed by atoms with E-state index in [9.17, 15) is 22.8 Å². The minimum atomic E-state index is -4.64. The van der Waals surface area contributed by atoms with Crippen LogP contribution in [0.2, 0.25) is 5.02 Å². The summed E-state index contributed by atoms with van der Waals surface area (Å²) in [5.41, 5.74) is -0.0798. The molecule has 0 bridgehead atoms. The summed E-state index contributed by atoms with van der Waals surface area (Å²) in [6, 6.07) is 3.10. The van der Waals surface area contributed by atoms with Crippen molar-refractivity contribution in [2.24, 2.45) is 10.2 Å². The van der Waals surface area contributed by atoms with Crippen molar-refractivity contribution in [1.82, 2.24) is 5.32 Å². The SMILES string of the molecule is O=C(CC1S/C(=N/N=C2CCCCCCC2)NC1=O)Nc1ccc(Cl)c(C(F)(F)F)c1. The van der Waals surface area contributed by atoms with Gasteiger partial charge in [-0.3, -0.25) is 9.59 Å². The molecule has 3 rings (SSSR count). The smallest absolute Gasteiger partial charge is 0.326 e. The van der Waals surface area contributed by atoms with Gasteiger partial charge < -0.3 is 10.6 Å². The summed E-state index contributed by atoms with van der Waals surface area (Å²) in [5, 5.41) is 12.5. The molecule has 1 saturated carbocycles. The average Bonchev–Trinajstić information content (AvgIpc) is 3.01. The Hall–Kier alpha value is -2.07. The third kappa shape index (κ3) is 6.96. The maximum absolute atomic E-state index is 13.0. The van der Waals surface area contributed by atoms with Gasteiger partial charge in [0.1, 0.15) is 5.25 Å². The van der Waals surface area contributed by atoms with Crippen LogP contribution in [0, 0.1) is 0 Å². The van der Waals surface area contributed by atoms with Crippen LogP contribution in [0.15, 0.2) is 28.4 Å². The number of thioether (sulfide) groups is 1. The van der Waals surface area contributed by atoms with Gasteiger partial charge >= 0.3 is 6.18 Å². The molecule has 6 nitrogen and oxygen atoms in total. The Morgan fingerprint density at radius 3 is 2.52 bits per heavy atom. The highest BCUT2D eigenvalue weighted by Gasteiger charge is 2.34. The van der Waals surface area contributed by atoms with Crippen LogP contribution in [0.4, 0.5) is 18.9 Å². The number of nitrogens with one attached hydrogen (secondary N) is 2. The Bertz CT molecular complexity index is 895. The highest BCUT2D eigenvalue weighted by Crippen LogP contribution is 2.36.